The van der Waals surface area contributed by atoms with E-state index in [0.717, 1.165) is 23.2 Å². The molecule has 0 aromatic heterocycles. The van der Waals surface area contributed by atoms with Crippen molar-refractivity contribution in [1.82, 2.24) is 0 Å². The van der Waals surface area contributed by atoms with Gasteiger partial charge in [0.05, 0.1) is 0 Å². The van der Waals surface area contributed by atoms with E-state index in [0.29, 0.717) is 5.41 Å². The van der Waals surface area contributed by atoms with Crippen molar-refractivity contribution in [3.05, 3.63) is 0 Å². The average molecular weight is 208 g/mol. The minimum Gasteiger partial charge on any atom is -0.0651 e. The Balaban J connectivity index is 1.89. The fraction of sp³-hybridized carbons (Fsp3) is 1.00. The van der Waals surface area contributed by atoms with Crippen molar-refractivity contribution >= 4 is 0 Å². The molecule has 0 saturated heterocycles. The molecular weight excluding hydrogens is 180 g/mol. The highest BCUT2D eigenvalue weighted by atomic mass is 14.6. The van der Waals surface area contributed by atoms with Crippen molar-refractivity contribution in [1.29, 1.82) is 0 Å². The Morgan fingerprint density at radius 1 is 1.07 bits per heavy atom. The fourth-order valence-electron chi connectivity index (χ4n) is 3.81. The Kier molecular flexibility index (Phi) is 2.68. The number of hydrogen-bond acceptors (Lipinski definition) is 0. The second-order valence-electron chi connectivity index (χ2n) is 7.05. The highest BCUT2D eigenvalue weighted by Gasteiger charge is 2.55. The summed E-state index contributed by atoms with van der Waals surface area (Å²) in [6, 6.07) is 0. The van der Waals surface area contributed by atoms with Gasteiger partial charge in [-0.3, -0.25) is 0 Å². The molecule has 0 spiro atoms. The summed E-state index contributed by atoms with van der Waals surface area (Å²) >= 11 is 0. The third-order valence-corrected chi connectivity index (χ3v) is 5.66. The molecule has 88 valence electrons. The predicted octanol–water partition coefficient (Wildman–Crippen LogP) is 4.89. The molecule has 0 aromatic rings. The molecule has 4 atom stereocenters. The Hall–Kier alpha value is 0. The van der Waals surface area contributed by atoms with E-state index < -0.39 is 0 Å². The normalized spacial score (nSPS) is 43.8. The maximum atomic E-state index is 2.55. The van der Waals surface area contributed by atoms with E-state index in [1.165, 1.54) is 32.1 Å². The van der Waals surface area contributed by atoms with Crippen LogP contribution in [-0.2, 0) is 0 Å². The van der Waals surface area contributed by atoms with Gasteiger partial charge in [0.1, 0.15) is 0 Å². The smallest absolute Gasteiger partial charge is 0.0266 e. The topological polar surface area (TPSA) is 0 Å². The van der Waals surface area contributed by atoms with Crippen molar-refractivity contribution in [2.24, 2.45) is 28.6 Å². The van der Waals surface area contributed by atoms with Crippen molar-refractivity contribution in [3.63, 3.8) is 0 Å². The summed E-state index contributed by atoms with van der Waals surface area (Å²) in [5.74, 6) is 3.09. The first-order valence-corrected chi connectivity index (χ1v) is 6.94. The SMILES string of the molecule is CCC(CC1CC1(C)C)C1(C)CC1CC. The molecule has 2 rings (SSSR count). The van der Waals surface area contributed by atoms with Crippen LogP contribution < -0.4 is 0 Å². The van der Waals surface area contributed by atoms with Gasteiger partial charge in [0.2, 0.25) is 0 Å². The lowest BCUT2D eigenvalue weighted by atomic mass is 9.81. The molecule has 15 heavy (non-hydrogen) atoms. The molecule has 2 aliphatic carbocycles. The van der Waals surface area contributed by atoms with Crippen molar-refractivity contribution in [3.8, 4) is 0 Å². The van der Waals surface area contributed by atoms with E-state index in [-0.39, 0.29) is 0 Å². The van der Waals surface area contributed by atoms with Gasteiger partial charge < -0.3 is 0 Å². The van der Waals surface area contributed by atoms with Gasteiger partial charge in [-0.15, -0.1) is 0 Å². The van der Waals surface area contributed by atoms with Crippen LogP contribution in [0.4, 0.5) is 0 Å². The molecule has 4 unspecified atom stereocenters. The Labute approximate surface area is 95.8 Å². The molecule has 0 bridgehead atoms. The molecule has 0 nitrogen and oxygen atoms in total. The van der Waals surface area contributed by atoms with E-state index in [9.17, 15) is 0 Å². The third kappa shape index (κ3) is 1.97. The van der Waals surface area contributed by atoms with Gasteiger partial charge in [0.25, 0.3) is 0 Å². The zero-order valence-electron chi connectivity index (χ0n) is 11.3. The molecule has 2 fully saturated rings. The van der Waals surface area contributed by atoms with E-state index in [1.54, 1.807) is 0 Å². The molecule has 0 amide bonds. The molecule has 0 heteroatoms. The van der Waals surface area contributed by atoms with Crippen LogP contribution in [-0.4, -0.2) is 0 Å². The van der Waals surface area contributed by atoms with E-state index in [1.807, 2.05) is 0 Å². The summed E-state index contributed by atoms with van der Waals surface area (Å²) in [7, 11) is 0. The van der Waals surface area contributed by atoms with Crippen molar-refractivity contribution in [2.45, 2.75) is 66.7 Å². The first kappa shape index (κ1) is 11.5. The van der Waals surface area contributed by atoms with Crippen LogP contribution in [0.1, 0.15) is 66.7 Å². The minimum atomic E-state index is 0.681. The lowest BCUT2D eigenvalue weighted by Gasteiger charge is -2.24. The highest BCUT2D eigenvalue weighted by Crippen LogP contribution is 2.64. The van der Waals surface area contributed by atoms with Gasteiger partial charge in [0.15, 0.2) is 0 Å². The lowest BCUT2D eigenvalue weighted by molar-refractivity contribution is 0.254. The number of hydrogen-bond donors (Lipinski definition) is 0. The first-order chi connectivity index (χ1) is 6.94. The Morgan fingerprint density at radius 2 is 1.67 bits per heavy atom. The first-order valence-electron chi connectivity index (χ1n) is 6.94. The standard InChI is InChI=1S/C15H28/c1-6-11(8-13-9-14(13,3)4)15(5)10-12(15)7-2/h11-13H,6-10H2,1-5H3. The van der Waals surface area contributed by atoms with Gasteiger partial charge in [-0.2, -0.15) is 0 Å². The second-order valence-corrected chi connectivity index (χ2v) is 7.05. The fourth-order valence-corrected chi connectivity index (χ4v) is 3.81. The highest BCUT2D eigenvalue weighted by molar-refractivity contribution is 5.05. The molecule has 0 radical (unpaired) electrons. The molecule has 2 saturated carbocycles. The average Bonchev–Trinajstić information content (AvgIpc) is 3.00. The summed E-state index contributed by atoms with van der Waals surface area (Å²) in [4.78, 5) is 0. The Morgan fingerprint density at radius 3 is 2.00 bits per heavy atom. The summed E-state index contributed by atoms with van der Waals surface area (Å²) in [6.07, 6.45) is 7.31. The summed E-state index contributed by atoms with van der Waals surface area (Å²) in [6.45, 7) is 12.2. The van der Waals surface area contributed by atoms with E-state index >= 15 is 0 Å². The molecule has 0 heterocycles. The zero-order chi connectivity index (χ0) is 11.3. The van der Waals surface area contributed by atoms with Crippen LogP contribution in [0.3, 0.4) is 0 Å². The molecule has 0 N–H and O–H groups in total. The maximum absolute atomic E-state index is 2.55. The van der Waals surface area contributed by atoms with E-state index in [4.69, 9.17) is 0 Å². The minimum absolute atomic E-state index is 0.681. The van der Waals surface area contributed by atoms with Gasteiger partial charge >= 0.3 is 0 Å². The van der Waals surface area contributed by atoms with Gasteiger partial charge in [-0.25, -0.2) is 0 Å². The van der Waals surface area contributed by atoms with Crippen LogP contribution in [0.15, 0.2) is 0 Å². The van der Waals surface area contributed by atoms with Crippen LogP contribution in [0.25, 0.3) is 0 Å². The van der Waals surface area contributed by atoms with E-state index in [2.05, 4.69) is 34.6 Å². The molecule has 0 aliphatic heterocycles. The van der Waals surface area contributed by atoms with Gasteiger partial charge in [-0.05, 0) is 47.8 Å². The zero-order valence-corrected chi connectivity index (χ0v) is 11.3. The van der Waals surface area contributed by atoms with Crippen molar-refractivity contribution in [2.75, 3.05) is 0 Å². The van der Waals surface area contributed by atoms with Crippen molar-refractivity contribution < 1.29 is 0 Å². The molecule has 2 aliphatic rings. The monoisotopic (exact) mass is 208 g/mol. The molecular formula is C15H28. The third-order valence-electron chi connectivity index (χ3n) is 5.66. The summed E-state index contributed by atoms with van der Waals surface area (Å²) in [5, 5.41) is 0. The predicted molar refractivity (Wildman–Crippen MR) is 66.8 cm³/mol. The quantitative estimate of drug-likeness (QED) is 0.604. The number of rotatable bonds is 5. The van der Waals surface area contributed by atoms with Gasteiger partial charge in [0, 0.05) is 0 Å². The van der Waals surface area contributed by atoms with Crippen LogP contribution in [0.5, 0.6) is 0 Å². The van der Waals surface area contributed by atoms with Gasteiger partial charge in [-0.1, -0.05) is 47.5 Å². The largest absolute Gasteiger partial charge is 0.0651 e. The lowest BCUT2D eigenvalue weighted by Crippen LogP contribution is -2.16. The Bertz CT molecular complexity index is 240. The maximum Gasteiger partial charge on any atom is -0.0266 e. The summed E-state index contributed by atoms with van der Waals surface area (Å²) < 4.78 is 0. The summed E-state index contributed by atoms with van der Waals surface area (Å²) in [5.41, 5.74) is 1.41. The van der Waals surface area contributed by atoms with Crippen LogP contribution in [0, 0.1) is 28.6 Å². The molecule has 0 aromatic carbocycles. The second kappa shape index (κ2) is 3.50. The van der Waals surface area contributed by atoms with Crippen LogP contribution in [0.2, 0.25) is 0 Å². The van der Waals surface area contributed by atoms with Crippen LogP contribution >= 0.6 is 0 Å².